The van der Waals surface area contributed by atoms with Gasteiger partial charge in [0.15, 0.2) is 11.6 Å². The van der Waals surface area contributed by atoms with Crippen LogP contribution in [-0.4, -0.2) is 28.4 Å². The third kappa shape index (κ3) is 2.76. The fourth-order valence-electron chi connectivity index (χ4n) is 8.63. The minimum absolute atomic E-state index is 0.0383. The predicted octanol–water partition coefficient (Wildman–Crippen LogP) is 5.42. The van der Waals surface area contributed by atoms with E-state index in [0.29, 0.717) is 6.42 Å². The first-order valence-corrected chi connectivity index (χ1v) is 12.8. The lowest BCUT2D eigenvalue weighted by Crippen LogP contribution is -2.54. The molecule has 0 aliphatic heterocycles. The van der Waals surface area contributed by atoms with Crippen molar-refractivity contribution in [2.45, 2.75) is 73.6 Å². The lowest BCUT2D eigenvalue weighted by molar-refractivity contribution is -0.136. The van der Waals surface area contributed by atoms with Crippen molar-refractivity contribution in [3.05, 3.63) is 47.1 Å². The van der Waals surface area contributed by atoms with Crippen LogP contribution in [-0.2, 0) is 19.2 Å². The highest BCUT2D eigenvalue weighted by molar-refractivity contribution is 6.01. The lowest BCUT2D eigenvalue weighted by Gasteiger charge is -2.56. The van der Waals surface area contributed by atoms with E-state index in [1.807, 2.05) is 20.8 Å². The number of carboxylic acids is 1. The number of hydrogen-bond acceptors (Lipinski definition) is 4. The Labute approximate surface area is 207 Å². The van der Waals surface area contributed by atoms with Crippen LogP contribution < -0.4 is 0 Å². The molecule has 0 radical (unpaired) electrons. The van der Waals surface area contributed by atoms with Crippen LogP contribution in [0.2, 0.25) is 0 Å². The monoisotopic (exact) mass is 476 g/mol. The van der Waals surface area contributed by atoms with Crippen LogP contribution in [0.3, 0.4) is 0 Å². The Bertz CT molecular complexity index is 1210. The number of fused-ring (bicyclic) bond motifs is 2. The second-order valence-corrected chi connectivity index (χ2v) is 12.8. The number of aliphatic carboxylic acids is 1. The summed E-state index contributed by atoms with van der Waals surface area (Å²) in [5.74, 6) is -0.795. The van der Waals surface area contributed by atoms with E-state index in [-0.39, 0.29) is 57.4 Å². The zero-order valence-electron chi connectivity index (χ0n) is 21.7. The second kappa shape index (κ2) is 7.02. The molecule has 6 unspecified atom stereocenters. The Morgan fingerprint density at radius 1 is 1.14 bits per heavy atom. The van der Waals surface area contributed by atoms with Gasteiger partial charge in [-0.25, -0.2) is 4.79 Å². The van der Waals surface area contributed by atoms with Gasteiger partial charge in [0.05, 0.1) is 5.41 Å². The number of carboxylic acid groups (broad SMARTS) is 1. The van der Waals surface area contributed by atoms with Gasteiger partial charge in [0.2, 0.25) is 0 Å². The largest absolute Gasteiger partial charge is 0.478 e. The minimum atomic E-state index is -1.09. The first-order valence-electron chi connectivity index (χ1n) is 12.8. The van der Waals surface area contributed by atoms with Crippen molar-refractivity contribution in [2.75, 3.05) is 0 Å². The first-order chi connectivity index (χ1) is 16.2. The van der Waals surface area contributed by atoms with E-state index < -0.39 is 16.8 Å². The van der Waals surface area contributed by atoms with E-state index in [1.165, 1.54) is 18.6 Å². The molecule has 1 N–H and O–H groups in total. The molecule has 6 atom stereocenters. The summed E-state index contributed by atoms with van der Waals surface area (Å²) < 4.78 is 0. The van der Waals surface area contributed by atoms with E-state index in [0.717, 1.165) is 24.8 Å². The highest BCUT2D eigenvalue weighted by Crippen LogP contribution is 2.85. The summed E-state index contributed by atoms with van der Waals surface area (Å²) in [5.41, 5.74) is 0.614. The molecule has 186 valence electrons. The SMILES string of the molecule is CC(=CC(=O)CC(C)C1=CCC2(C)C3=CCC4C(C)(C)C(=O)C=CC45CC35C(=O)CC12C)C(=O)O. The van der Waals surface area contributed by atoms with E-state index in [9.17, 15) is 19.2 Å². The van der Waals surface area contributed by atoms with Crippen LogP contribution in [0.4, 0.5) is 0 Å². The highest BCUT2D eigenvalue weighted by Gasteiger charge is 2.82. The smallest absolute Gasteiger partial charge is 0.331 e. The van der Waals surface area contributed by atoms with Crippen LogP contribution in [0.25, 0.3) is 0 Å². The van der Waals surface area contributed by atoms with Crippen molar-refractivity contribution < 1.29 is 24.3 Å². The highest BCUT2D eigenvalue weighted by atomic mass is 16.4. The molecule has 5 aliphatic rings. The summed E-state index contributed by atoms with van der Waals surface area (Å²) in [7, 11) is 0. The number of carbonyl (C=O) groups excluding carboxylic acids is 3. The molecule has 0 aromatic heterocycles. The van der Waals surface area contributed by atoms with E-state index in [4.69, 9.17) is 5.11 Å². The van der Waals surface area contributed by atoms with Gasteiger partial charge in [-0.1, -0.05) is 64.0 Å². The Morgan fingerprint density at radius 3 is 2.49 bits per heavy atom. The molecular weight excluding hydrogens is 440 g/mol. The summed E-state index contributed by atoms with van der Waals surface area (Å²) in [6, 6.07) is 0. The molecule has 5 aliphatic carbocycles. The van der Waals surface area contributed by atoms with Gasteiger partial charge in [-0.05, 0) is 50.2 Å². The molecule has 0 aromatic carbocycles. The molecule has 5 rings (SSSR count). The van der Waals surface area contributed by atoms with Crippen LogP contribution in [0.1, 0.15) is 73.6 Å². The lowest BCUT2D eigenvalue weighted by atomic mass is 9.45. The number of carbonyl (C=O) groups is 4. The topological polar surface area (TPSA) is 88.5 Å². The van der Waals surface area contributed by atoms with E-state index in [2.05, 4.69) is 32.1 Å². The van der Waals surface area contributed by atoms with Crippen molar-refractivity contribution in [2.24, 2.45) is 38.9 Å². The molecule has 0 bridgehead atoms. The molecular formula is C30H36O5. The van der Waals surface area contributed by atoms with Gasteiger partial charge < -0.3 is 5.11 Å². The molecule has 35 heavy (non-hydrogen) atoms. The normalized spacial score (nSPS) is 41.7. The molecule has 0 heterocycles. The van der Waals surface area contributed by atoms with Gasteiger partial charge in [0.25, 0.3) is 0 Å². The summed E-state index contributed by atoms with van der Waals surface area (Å²) in [6.45, 7) is 12.0. The zero-order chi connectivity index (χ0) is 25.8. The Hall–Kier alpha value is -2.56. The summed E-state index contributed by atoms with van der Waals surface area (Å²) >= 11 is 0. The number of ketones is 3. The van der Waals surface area contributed by atoms with Crippen molar-refractivity contribution >= 4 is 23.3 Å². The van der Waals surface area contributed by atoms with Crippen LogP contribution >= 0.6 is 0 Å². The number of rotatable bonds is 5. The second-order valence-electron chi connectivity index (χ2n) is 12.8. The van der Waals surface area contributed by atoms with Gasteiger partial charge >= 0.3 is 5.97 Å². The zero-order valence-corrected chi connectivity index (χ0v) is 21.7. The molecule has 0 saturated heterocycles. The van der Waals surface area contributed by atoms with Gasteiger partial charge in [-0.2, -0.15) is 0 Å². The molecule has 0 aromatic rings. The molecule has 5 heteroatoms. The molecule has 2 saturated carbocycles. The van der Waals surface area contributed by atoms with Gasteiger partial charge in [-0.15, -0.1) is 0 Å². The predicted molar refractivity (Wildman–Crippen MR) is 132 cm³/mol. The van der Waals surface area contributed by atoms with Crippen LogP contribution in [0, 0.1) is 38.9 Å². The van der Waals surface area contributed by atoms with Crippen molar-refractivity contribution in [1.82, 2.24) is 0 Å². The van der Waals surface area contributed by atoms with Crippen molar-refractivity contribution in [1.29, 1.82) is 0 Å². The van der Waals surface area contributed by atoms with Gasteiger partial charge in [0, 0.05) is 40.1 Å². The van der Waals surface area contributed by atoms with Crippen LogP contribution in [0.15, 0.2) is 47.1 Å². The maximum Gasteiger partial charge on any atom is 0.331 e. The fourth-order valence-corrected chi connectivity index (χ4v) is 8.63. The minimum Gasteiger partial charge on any atom is -0.478 e. The van der Waals surface area contributed by atoms with Crippen molar-refractivity contribution in [3.63, 3.8) is 0 Å². The molecule has 0 amide bonds. The average molecular weight is 477 g/mol. The Balaban J connectivity index is 1.49. The first kappa shape index (κ1) is 24.1. The standard InChI is InChI=1S/C30H36O5/c1-17(13-19(31)14-18(2)25(34)35)20-9-11-27(5)22-8-7-21-26(3,4)23(32)10-12-29(21)16-30(22,29)24(33)15-28(20,27)6/h8-10,12,14,17,21H,7,11,13,15-16H2,1-6H3,(H,34,35). The molecule has 2 fully saturated rings. The molecule has 2 spiro atoms. The third-order valence-electron chi connectivity index (χ3n) is 10.8. The maximum atomic E-state index is 14.1. The summed E-state index contributed by atoms with van der Waals surface area (Å²) in [4.78, 5) is 50.5. The summed E-state index contributed by atoms with van der Waals surface area (Å²) in [5, 5.41) is 9.10. The van der Waals surface area contributed by atoms with E-state index in [1.54, 1.807) is 6.08 Å². The number of allylic oxidation sites excluding steroid dienone is 7. The Kier molecular flexibility index (Phi) is 4.84. The van der Waals surface area contributed by atoms with Crippen LogP contribution in [0.5, 0.6) is 0 Å². The molecule has 5 nitrogen and oxygen atoms in total. The quantitative estimate of drug-likeness (QED) is 0.423. The Morgan fingerprint density at radius 2 is 1.83 bits per heavy atom. The number of Topliss-reactive ketones (excluding diaryl/α,β-unsaturated/α-hetero) is 1. The van der Waals surface area contributed by atoms with Gasteiger partial charge in [-0.3, -0.25) is 14.4 Å². The number of hydrogen-bond donors (Lipinski definition) is 1. The third-order valence-corrected chi connectivity index (χ3v) is 10.8. The maximum absolute atomic E-state index is 14.1. The van der Waals surface area contributed by atoms with Gasteiger partial charge in [0.1, 0.15) is 5.78 Å². The average Bonchev–Trinajstić information content (AvgIpc) is 3.37. The van der Waals surface area contributed by atoms with E-state index >= 15 is 0 Å². The summed E-state index contributed by atoms with van der Waals surface area (Å²) in [6.07, 6.45) is 12.7. The van der Waals surface area contributed by atoms with Crippen molar-refractivity contribution in [3.8, 4) is 0 Å². The fraction of sp³-hybridized carbons (Fsp3) is 0.600.